The molecule has 1 N–H and O–H groups in total. The summed E-state index contributed by atoms with van der Waals surface area (Å²) in [4.78, 5) is 49.6. The van der Waals surface area contributed by atoms with E-state index >= 15 is 0 Å². The van der Waals surface area contributed by atoms with E-state index in [0.29, 0.717) is 12.8 Å². The highest BCUT2D eigenvalue weighted by Gasteiger charge is 2.66. The van der Waals surface area contributed by atoms with Crippen molar-refractivity contribution in [3.63, 3.8) is 0 Å². The molecule has 0 radical (unpaired) electrons. The predicted molar refractivity (Wildman–Crippen MR) is 156 cm³/mol. The van der Waals surface area contributed by atoms with E-state index in [0.717, 1.165) is 44.1 Å². The number of Topliss-reactive ketones (excluding diaryl/α,β-unsaturated/α-hetero) is 1. The zero-order valence-electron chi connectivity index (χ0n) is 26.5. The van der Waals surface area contributed by atoms with Crippen LogP contribution in [-0.2, 0) is 28.7 Å². The summed E-state index contributed by atoms with van der Waals surface area (Å²) in [6.45, 7) is 17.9. The number of hydrogen-bond donors (Lipinski definition) is 1. The maximum atomic E-state index is 14.2. The van der Waals surface area contributed by atoms with E-state index < -0.39 is 12.1 Å². The lowest BCUT2D eigenvalue weighted by molar-refractivity contribution is -0.168. The molecule has 0 aliphatic heterocycles. The lowest BCUT2D eigenvalue weighted by atomic mass is 9.43. The molecule has 7 nitrogen and oxygen atoms in total. The molecule has 0 spiro atoms. The number of ketones is 1. The molecule has 228 valence electrons. The average molecular weight is 571 g/mol. The number of aliphatic carboxylic acids is 1. The summed E-state index contributed by atoms with van der Waals surface area (Å²) < 4.78 is 11.6. The highest BCUT2D eigenvalue weighted by molar-refractivity contribution is 5.99. The molecule has 0 unspecified atom stereocenters. The second-order valence-corrected chi connectivity index (χ2v) is 14.7. The van der Waals surface area contributed by atoms with Gasteiger partial charge >= 0.3 is 17.9 Å². The first-order valence-corrected chi connectivity index (χ1v) is 15.4. The molecule has 0 aromatic heterocycles. The van der Waals surface area contributed by atoms with Crippen LogP contribution in [0.15, 0.2) is 22.8 Å². The number of carboxylic acids is 1. The molecule has 8 atom stereocenters. The smallest absolute Gasteiger partial charge is 0.330 e. The Hall–Kier alpha value is -2.44. The fraction of sp³-hybridized carbons (Fsp3) is 0.765. The number of hydrogen-bond acceptors (Lipinski definition) is 6. The van der Waals surface area contributed by atoms with Crippen LogP contribution in [0.1, 0.15) is 114 Å². The van der Waals surface area contributed by atoms with E-state index in [1.165, 1.54) is 19.4 Å². The summed E-state index contributed by atoms with van der Waals surface area (Å²) in [6.07, 6.45) is 7.23. The van der Waals surface area contributed by atoms with E-state index in [4.69, 9.17) is 9.47 Å². The number of rotatable bonds is 7. The Labute approximate surface area is 245 Å². The molecule has 0 heterocycles. The van der Waals surface area contributed by atoms with Crippen LogP contribution in [0.2, 0.25) is 0 Å². The normalized spacial score (nSPS) is 37.8. The van der Waals surface area contributed by atoms with Gasteiger partial charge in [0, 0.05) is 48.7 Å². The van der Waals surface area contributed by atoms with Gasteiger partial charge in [-0.2, -0.15) is 0 Å². The fourth-order valence-corrected chi connectivity index (χ4v) is 9.86. The van der Waals surface area contributed by atoms with Gasteiger partial charge in [-0.05, 0) is 74.0 Å². The van der Waals surface area contributed by atoms with E-state index in [-0.39, 0.29) is 68.8 Å². The van der Waals surface area contributed by atoms with Gasteiger partial charge in [-0.25, -0.2) is 4.79 Å². The molecule has 0 saturated heterocycles. The van der Waals surface area contributed by atoms with Crippen LogP contribution >= 0.6 is 0 Å². The Bertz CT molecular complexity index is 1190. The Balaban J connectivity index is 1.70. The fourth-order valence-electron chi connectivity index (χ4n) is 9.86. The topological polar surface area (TPSA) is 107 Å². The third-order valence-corrected chi connectivity index (χ3v) is 12.4. The van der Waals surface area contributed by atoms with Crippen LogP contribution in [0.4, 0.5) is 0 Å². The van der Waals surface area contributed by atoms with Crippen molar-refractivity contribution >= 4 is 23.7 Å². The van der Waals surface area contributed by atoms with E-state index in [9.17, 15) is 24.3 Å². The Morgan fingerprint density at radius 2 is 1.66 bits per heavy atom. The quantitative estimate of drug-likeness (QED) is 0.264. The van der Waals surface area contributed by atoms with Crippen molar-refractivity contribution in [2.75, 3.05) is 0 Å². The molecular weight excluding hydrogens is 520 g/mol. The van der Waals surface area contributed by atoms with Gasteiger partial charge in [0.25, 0.3) is 0 Å². The second kappa shape index (κ2) is 10.7. The first-order chi connectivity index (χ1) is 18.9. The third-order valence-electron chi connectivity index (χ3n) is 12.4. The zero-order chi connectivity index (χ0) is 30.7. The van der Waals surface area contributed by atoms with Gasteiger partial charge in [-0.3, -0.25) is 14.4 Å². The Morgan fingerprint density at radius 3 is 2.24 bits per heavy atom. The molecule has 2 saturated carbocycles. The molecular formula is C34H50O7. The van der Waals surface area contributed by atoms with Gasteiger partial charge in [-0.1, -0.05) is 53.2 Å². The molecule has 4 rings (SSSR count). The second-order valence-electron chi connectivity index (χ2n) is 14.7. The van der Waals surface area contributed by atoms with Crippen molar-refractivity contribution in [3.05, 3.63) is 22.8 Å². The molecule has 4 aliphatic carbocycles. The molecule has 0 bridgehead atoms. The highest BCUT2D eigenvalue weighted by atomic mass is 16.5. The van der Waals surface area contributed by atoms with Crippen molar-refractivity contribution in [3.8, 4) is 0 Å². The maximum absolute atomic E-state index is 14.2. The monoisotopic (exact) mass is 570 g/mol. The van der Waals surface area contributed by atoms with Gasteiger partial charge in [0.1, 0.15) is 12.2 Å². The molecule has 2 fully saturated rings. The van der Waals surface area contributed by atoms with Crippen LogP contribution in [0.5, 0.6) is 0 Å². The molecule has 7 heteroatoms. The number of carboxylic acid groups (broad SMARTS) is 1. The van der Waals surface area contributed by atoms with Crippen molar-refractivity contribution < 1.29 is 33.8 Å². The lowest BCUT2D eigenvalue weighted by Crippen LogP contribution is -2.57. The van der Waals surface area contributed by atoms with Gasteiger partial charge in [0.2, 0.25) is 0 Å². The van der Waals surface area contributed by atoms with Gasteiger partial charge < -0.3 is 14.6 Å². The maximum Gasteiger partial charge on any atom is 0.330 e. The molecule has 0 amide bonds. The summed E-state index contributed by atoms with van der Waals surface area (Å²) in [5.41, 5.74) is 1.76. The standard InChI is InChI=1S/C34H50O7/c1-19(30(38)39)10-11-26(40-21(3)35)20(2)23-12-17-34(9)29-24(13-16-33(23,34)8)32(7)15-14-28(41-22(4)36)31(5,6)27(32)18-25(29)37/h10,20,23,26-28H,11-18H2,1-9H3,(H,38,39)/b19-10+/t20-,23+,26-,27-,28-,32+,33+,34-/m0/s1. The number of fused-ring (bicyclic) bond motifs is 4. The summed E-state index contributed by atoms with van der Waals surface area (Å²) in [5, 5.41) is 9.34. The molecule has 4 aliphatic rings. The van der Waals surface area contributed by atoms with Gasteiger partial charge in [-0.15, -0.1) is 0 Å². The first-order valence-electron chi connectivity index (χ1n) is 15.4. The first kappa shape index (κ1) is 31.5. The van der Waals surface area contributed by atoms with E-state index in [2.05, 4.69) is 41.5 Å². The van der Waals surface area contributed by atoms with E-state index in [1.807, 2.05) is 0 Å². The minimum absolute atomic E-state index is 0.00542. The minimum Gasteiger partial charge on any atom is -0.478 e. The van der Waals surface area contributed by atoms with Crippen LogP contribution in [0.3, 0.4) is 0 Å². The minimum atomic E-state index is -0.973. The highest BCUT2D eigenvalue weighted by Crippen LogP contribution is 2.72. The largest absolute Gasteiger partial charge is 0.478 e. The molecule has 41 heavy (non-hydrogen) atoms. The number of carbonyl (C=O) groups is 4. The van der Waals surface area contributed by atoms with Crippen molar-refractivity contribution in [2.24, 2.45) is 39.4 Å². The average Bonchev–Trinajstić information content (AvgIpc) is 3.14. The van der Waals surface area contributed by atoms with Crippen molar-refractivity contribution in [2.45, 2.75) is 126 Å². The number of ether oxygens (including phenoxy) is 2. The number of carbonyl (C=O) groups excluding carboxylic acids is 3. The number of allylic oxidation sites excluding steroid dienone is 2. The zero-order valence-corrected chi connectivity index (χ0v) is 26.5. The van der Waals surface area contributed by atoms with E-state index in [1.54, 1.807) is 13.0 Å². The summed E-state index contributed by atoms with van der Waals surface area (Å²) in [7, 11) is 0. The molecule has 0 aromatic carbocycles. The predicted octanol–water partition coefficient (Wildman–Crippen LogP) is 6.84. The Morgan fingerprint density at radius 1 is 1.00 bits per heavy atom. The summed E-state index contributed by atoms with van der Waals surface area (Å²) in [5.74, 6) is -1.01. The van der Waals surface area contributed by atoms with Gasteiger partial charge in [0.05, 0.1) is 0 Å². The van der Waals surface area contributed by atoms with Crippen LogP contribution in [0, 0.1) is 39.4 Å². The van der Waals surface area contributed by atoms with Crippen LogP contribution in [0.25, 0.3) is 0 Å². The lowest BCUT2D eigenvalue weighted by Gasteiger charge is -2.61. The number of esters is 2. The van der Waals surface area contributed by atoms with Crippen LogP contribution < -0.4 is 0 Å². The summed E-state index contributed by atoms with van der Waals surface area (Å²) >= 11 is 0. The Kier molecular flexibility index (Phi) is 8.20. The SMILES string of the molecule is CC(=O)O[C@@H](C/C=C(\C)C(=O)O)[C@@H](C)[C@H]1CC[C@@]2(C)C3=C(CC[C@]12C)[C@@]1(C)CC[C@H](OC(C)=O)C(C)(C)[C@@H]1CC3=O. The summed E-state index contributed by atoms with van der Waals surface area (Å²) in [6, 6.07) is 0. The third kappa shape index (κ3) is 4.99. The van der Waals surface area contributed by atoms with Crippen LogP contribution in [-0.4, -0.2) is 41.0 Å². The van der Waals surface area contributed by atoms with Crippen molar-refractivity contribution in [1.82, 2.24) is 0 Å². The molecule has 0 aromatic rings. The van der Waals surface area contributed by atoms with Crippen molar-refractivity contribution in [1.29, 1.82) is 0 Å². The van der Waals surface area contributed by atoms with Gasteiger partial charge in [0.15, 0.2) is 5.78 Å².